The Morgan fingerprint density at radius 1 is 1.24 bits per heavy atom. The van der Waals surface area contributed by atoms with E-state index in [1.54, 1.807) is 7.11 Å². The van der Waals surface area contributed by atoms with Crippen LogP contribution in [0.4, 0.5) is 5.69 Å². The van der Waals surface area contributed by atoms with Gasteiger partial charge in [-0.05, 0) is 29.8 Å². The highest BCUT2D eigenvalue weighted by molar-refractivity contribution is 9.10. The molecule has 0 aliphatic rings. The van der Waals surface area contributed by atoms with Crippen molar-refractivity contribution in [2.24, 2.45) is 0 Å². The van der Waals surface area contributed by atoms with E-state index in [1.807, 2.05) is 42.5 Å². The third-order valence-electron chi connectivity index (χ3n) is 3.23. The van der Waals surface area contributed by atoms with Gasteiger partial charge in [0.05, 0.1) is 7.11 Å². The molecule has 1 aromatic heterocycles. The number of halogens is 2. The van der Waals surface area contributed by atoms with Crippen LogP contribution in [0.25, 0.3) is 11.0 Å². The second kappa shape index (κ2) is 6.00. The number of rotatable bonds is 4. The van der Waals surface area contributed by atoms with Gasteiger partial charge in [-0.15, -0.1) is 0 Å². The smallest absolute Gasteiger partial charge is 0.199 e. The van der Waals surface area contributed by atoms with Crippen molar-refractivity contribution in [3.05, 3.63) is 57.7 Å². The lowest BCUT2D eigenvalue weighted by Gasteiger charge is -2.08. The summed E-state index contributed by atoms with van der Waals surface area (Å²) in [4.78, 5) is 0. The molecule has 1 N–H and O–H groups in total. The van der Waals surface area contributed by atoms with Crippen LogP contribution >= 0.6 is 27.5 Å². The van der Waals surface area contributed by atoms with Gasteiger partial charge in [-0.2, -0.15) is 0 Å². The topological polar surface area (TPSA) is 34.4 Å². The molecule has 0 bridgehead atoms. The molecule has 0 amide bonds. The van der Waals surface area contributed by atoms with Crippen LogP contribution in [0.15, 0.2) is 51.4 Å². The first-order valence-electron chi connectivity index (χ1n) is 6.42. The molecule has 3 nitrogen and oxygen atoms in total. The Labute approximate surface area is 136 Å². The summed E-state index contributed by atoms with van der Waals surface area (Å²) in [6.45, 7) is 0.579. The fourth-order valence-electron chi connectivity index (χ4n) is 2.21. The van der Waals surface area contributed by atoms with Crippen molar-refractivity contribution in [1.29, 1.82) is 0 Å². The van der Waals surface area contributed by atoms with Gasteiger partial charge in [-0.25, -0.2) is 0 Å². The summed E-state index contributed by atoms with van der Waals surface area (Å²) in [5, 5.41) is 4.79. The van der Waals surface area contributed by atoms with Gasteiger partial charge in [0.2, 0.25) is 0 Å². The highest BCUT2D eigenvalue weighted by Gasteiger charge is 2.11. The molecule has 21 heavy (non-hydrogen) atoms. The highest BCUT2D eigenvalue weighted by atomic mass is 79.9. The zero-order chi connectivity index (χ0) is 14.8. The number of furan rings is 1. The van der Waals surface area contributed by atoms with Gasteiger partial charge < -0.3 is 14.5 Å². The average molecular weight is 367 g/mol. The predicted octanol–water partition coefficient (Wildman–Crippen LogP) is 5.47. The molecule has 0 radical (unpaired) electrons. The molecule has 1 heterocycles. The Morgan fingerprint density at radius 2 is 2.05 bits per heavy atom. The summed E-state index contributed by atoms with van der Waals surface area (Å²) >= 11 is 9.65. The molecule has 0 unspecified atom stereocenters. The van der Waals surface area contributed by atoms with Crippen LogP contribution in [0, 0.1) is 0 Å². The average Bonchev–Trinajstić information content (AvgIpc) is 2.80. The van der Waals surface area contributed by atoms with E-state index in [0.717, 1.165) is 32.4 Å². The van der Waals surface area contributed by atoms with Gasteiger partial charge in [-0.3, -0.25) is 0 Å². The first-order valence-corrected chi connectivity index (χ1v) is 7.59. The molecular formula is C16H13BrClNO2. The largest absolute Gasteiger partial charge is 0.497 e. The Morgan fingerprint density at radius 3 is 2.86 bits per heavy atom. The Balaban J connectivity index is 1.86. The Kier molecular flexibility index (Phi) is 4.08. The van der Waals surface area contributed by atoms with Crippen LogP contribution in [0.5, 0.6) is 5.75 Å². The van der Waals surface area contributed by atoms with E-state index >= 15 is 0 Å². The van der Waals surface area contributed by atoms with Gasteiger partial charge in [0.15, 0.2) is 5.22 Å². The zero-order valence-electron chi connectivity index (χ0n) is 11.3. The van der Waals surface area contributed by atoms with Crippen molar-refractivity contribution in [2.75, 3.05) is 12.4 Å². The lowest BCUT2D eigenvalue weighted by atomic mass is 10.2. The monoisotopic (exact) mass is 365 g/mol. The summed E-state index contributed by atoms with van der Waals surface area (Å²) in [6.07, 6.45) is 0. The summed E-state index contributed by atoms with van der Waals surface area (Å²) in [5.41, 5.74) is 2.69. The van der Waals surface area contributed by atoms with E-state index in [4.69, 9.17) is 20.8 Å². The molecule has 0 aliphatic heterocycles. The maximum Gasteiger partial charge on any atom is 0.199 e. The number of methoxy groups -OCH3 is 1. The first kappa shape index (κ1) is 14.3. The molecule has 0 spiro atoms. The first-order chi connectivity index (χ1) is 10.2. The molecule has 0 aliphatic carbocycles. The number of benzene rings is 2. The van der Waals surface area contributed by atoms with Gasteiger partial charge >= 0.3 is 0 Å². The molecule has 0 fully saturated rings. The highest BCUT2D eigenvalue weighted by Crippen LogP contribution is 2.31. The number of hydrogen-bond acceptors (Lipinski definition) is 3. The fourth-order valence-corrected chi connectivity index (χ4v) is 2.93. The van der Waals surface area contributed by atoms with E-state index in [0.29, 0.717) is 11.8 Å². The van der Waals surface area contributed by atoms with Crippen molar-refractivity contribution < 1.29 is 9.15 Å². The normalized spacial score (nSPS) is 10.8. The molecule has 0 atom stereocenters. The van der Waals surface area contributed by atoms with Gasteiger partial charge in [0.25, 0.3) is 0 Å². The van der Waals surface area contributed by atoms with E-state index < -0.39 is 0 Å². The van der Waals surface area contributed by atoms with Crippen molar-refractivity contribution in [1.82, 2.24) is 0 Å². The third-order valence-corrected chi connectivity index (χ3v) is 3.99. The lowest BCUT2D eigenvalue weighted by Crippen LogP contribution is -1.99. The minimum absolute atomic E-state index is 0.422. The van der Waals surface area contributed by atoms with Crippen molar-refractivity contribution >= 4 is 44.2 Å². The van der Waals surface area contributed by atoms with E-state index in [9.17, 15) is 0 Å². The van der Waals surface area contributed by atoms with Crippen molar-refractivity contribution in [2.45, 2.75) is 6.54 Å². The van der Waals surface area contributed by atoms with Gasteiger partial charge in [0.1, 0.15) is 11.3 Å². The number of hydrogen-bond donors (Lipinski definition) is 1. The minimum Gasteiger partial charge on any atom is -0.497 e. The third kappa shape index (κ3) is 3.01. The maximum atomic E-state index is 6.18. The van der Waals surface area contributed by atoms with Crippen LogP contribution in [-0.2, 0) is 6.54 Å². The molecule has 5 heteroatoms. The number of ether oxygens (including phenoxy) is 1. The molecule has 0 saturated heterocycles. The van der Waals surface area contributed by atoms with Crippen LogP contribution in [0.2, 0.25) is 5.22 Å². The number of para-hydroxylation sites is 1. The second-order valence-corrected chi connectivity index (χ2v) is 5.84. The summed E-state index contributed by atoms with van der Waals surface area (Å²) in [6, 6.07) is 13.6. The minimum atomic E-state index is 0.422. The number of fused-ring (bicyclic) bond motifs is 1. The number of anilines is 1. The van der Waals surface area contributed by atoms with Crippen LogP contribution in [0.1, 0.15) is 5.56 Å². The van der Waals surface area contributed by atoms with Gasteiger partial charge in [-0.1, -0.05) is 34.1 Å². The van der Waals surface area contributed by atoms with Crippen LogP contribution in [0.3, 0.4) is 0 Å². The van der Waals surface area contributed by atoms with E-state index in [-0.39, 0.29) is 0 Å². The summed E-state index contributed by atoms with van der Waals surface area (Å²) in [5.74, 6) is 0.787. The SMILES string of the molecule is COc1cc(Br)cc(NCc2c(Cl)oc3ccccc23)c1. The maximum absolute atomic E-state index is 6.18. The predicted molar refractivity (Wildman–Crippen MR) is 89.2 cm³/mol. The zero-order valence-corrected chi connectivity index (χ0v) is 13.7. The van der Waals surface area contributed by atoms with E-state index in [1.165, 1.54) is 0 Å². The van der Waals surface area contributed by atoms with Crippen molar-refractivity contribution in [3.8, 4) is 5.75 Å². The van der Waals surface area contributed by atoms with Crippen LogP contribution in [-0.4, -0.2) is 7.11 Å². The second-order valence-electron chi connectivity index (χ2n) is 4.58. The Hall–Kier alpha value is -1.65. The summed E-state index contributed by atoms with van der Waals surface area (Å²) in [7, 11) is 1.64. The molecular weight excluding hydrogens is 354 g/mol. The summed E-state index contributed by atoms with van der Waals surface area (Å²) < 4.78 is 11.8. The van der Waals surface area contributed by atoms with E-state index in [2.05, 4.69) is 21.2 Å². The molecule has 108 valence electrons. The standard InChI is InChI=1S/C16H13BrClNO2/c1-20-12-7-10(17)6-11(8-12)19-9-14-13-4-2-3-5-15(13)21-16(14)18/h2-8,19H,9H2,1H3. The Bertz CT molecular complexity index is 785. The van der Waals surface area contributed by atoms with Gasteiger partial charge in [0, 0.05) is 33.7 Å². The lowest BCUT2D eigenvalue weighted by molar-refractivity contribution is 0.414. The molecule has 3 aromatic rings. The quantitative estimate of drug-likeness (QED) is 0.665. The molecule has 3 rings (SSSR count). The van der Waals surface area contributed by atoms with Crippen LogP contribution < -0.4 is 10.1 Å². The molecule has 2 aromatic carbocycles. The fraction of sp³-hybridized carbons (Fsp3) is 0.125. The van der Waals surface area contributed by atoms with Crippen molar-refractivity contribution in [3.63, 3.8) is 0 Å². The molecule has 0 saturated carbocycles. The number of nitrogens with one attached hydrogen (secondary N) is 1.